The molecule has 7 heteroatoms. The molecule has 1 aromatic rings. The largest absolute Gasteiger partial charge is 0.466 e. The van der Waals surface area contributed by atoms with E-state index in [1.165, 1.54) is 6.20 Å². The molecule has 24 heavy (non-hydrogen) atoms. The number of anilines is 1. The number of carbonyl (C=O) groups excluding carboxylic acids is 2. The fourth-order valence-corrected chi connectivity index (χ4v) is 3.29. The third-order valence-electron chi connectivity index (χ3n) is 4.43. The highest BCUT2D eigenvalue weighted by molar-refractivity contribution is 5.99. The lowest BCUT2D eigenvalue weighted by Crippen LogP contribution is -2.48. The van der Waals surface area contributed by atoms with Gasteiger partial charge in [-0.1, -0.05) is 0 Å². The van der Waals surface area contributed by atoms with E-state index in [2.05, 4.69) is 10.3 Å². The Kier molecular flexibility index (Phi) is 4.45. The average Bonchev–Trinajstić information content (AvgIpc) is 2.53. The van der Waals surface area contributed by atoms with Crippen LogP contribution < -0.4 is 10.1 Å². The summed E-state index contributed by atoms with van der Waals surface area (Å²) >= 11 is 0. The minimum atomic E-state index is -0.243. The second-order valence-corrected chi connectivity index (χ2v) is 6.76. The van der Waals surface area contributed by atoms with Crippen LogP contribution in [0.1, 0.15) is 44.0 Å². The average molecular weight is 333 g/mol. The van der Waals surface area contributed by atoms with Crippen molar-refractivity contribution in [2.45, 2.75) is 45.3 Å². The standard InChI is InChI=1S/C17H23N3O4/c1-4-20(12-5-6-24-17(2,3)8-12)16(22)11-7-13-15(18-9-11)23-10-14(21)19-13/h7,9,12H,4-6,8,10H2,1-3H3,(H,19,21). The second-order valence-electron chi connectivity index (χ2n) is 6.76. The molecule has 130 valence electrons. The molecule has 0 bridgehead atoms. The van der Waals surface area contributed by atoms with E-state index in [0.29, 0.717) is 30.3 Å². The van der Waals surface area contributed by atoms with Gasteiger partial charge in [-0.05, 0) is 39.7 Å². The number of nitrogens with one attached hydrogen (secondary N) is 1. The van der Waals surface area contributed by atoms with Crippen molar-refractivity contribution in [3.63, 3.8) is 0 Å². The lowest BCUT2D eigenvalue weighted by Gasteiger charge is -2.41. The first kappa shape index (κ1) is 16.7. The van der Waals surface area contributed by atoms with Gasteiger partial charge in [0.1, 0.15) is 5.69 Å². The first-order chi connectivity index (χ1) is 11.4. The minimum absolute atomic E-state index is 0.0501. The van der Waals surface area contributed by atoms with E-state index in [-0.39, 0.29) is 30.1 Å². The lowest BCUT2D eigenvalue weighted by atomic mass is 9.92. The molecule has 1 unspecified atom stereocenters. The first-order valence-electron chi connectivity index (χ1n) is 8.27. The summed E-state index contributed by atoms with van der Waals surface area (Å²) in [4.78, 5) is 30.4. The third kappa shape index (κ3) is 3.36. The van der Waals surface area contributed by atoms with E-state index >= 15 is 0 Å². The van der Waals surface area contributed by atoms with E-state index < -0.39 is 0 Å². The molecule has 0 spiro atoms. The predicted octanol–water partition coefficient (Wildman–Crippen LogP) is 1.83. The van der Waals surface area contributed by atoms with Crippen LogP contribution in [0.4, 0.5) is 5.69 Å². The van der Waals surface area contributed by atoms with Crippen molar-refractivity contribution >= 4 is 17.5 Å². The van der Waals surface area contributed by atoms with Gasteiger partial charge in [0, 0.05) is 25.4 Å². The topological polar surface area (TPSA) is 80.8 Å². The quantitative estimate of drug-likeness (QED) is 0.913. The van der Waals surface area contributed by atoms with E-state index in [1.807, 2.05) is 25.7 Å². The number of ether oxygens (including phenoxy) is 2. The van der Waals surface area contributed by atoms with Crippen molar-refractivity contribution in [3.05, 3.63) is 17.8 Å². The summed E-state index contributed by atoms with van der Waals surface area (Å²) in [5, 5.41) is 2.69. The Morgan fingerprint density at radius 1 is 1.50 bits per heavy atom. The smallest absolute Gasteiger partial charge is 0.262 e. The summed E-state index contributed by atoms with van der Waals surface area (Å²) in [6.07, 6.45) is 3.12. The zero-order chi connectivity index (χ0) is 17.3. The summed E-state index contributed by atoms with van der Waals surface area (Å²) < 4.78 is 11.0. The zero-order valence-electron chi connectivity index (χ0n) is 14.3. The molecular weight excluding hydrogens is 310 g/mol. The molecule has 3 rings (SSSR count). The van der Waals surface area contributed by atoms with Crippen molar-refractivity contribution in [1.82, 2.24) is 9.88 Å². The molecule has 1 N–H and O–H groups in total. The van der Waals surface area contributed by atoms with Crippen molar-refractivity contribution in [2.75, 3.05) is 25.1 Å². The Balaban J connectivity index is 1.81. The van der Waals surface area contributed by atoms with Crippen LogP contribution in [0.25, 0.3) is 0 Å². The van der Waals surface area contributed by atoms with E-state index in [0.717, 1.165) is 12.8 Å². The highest BCUT2D eigenvalue weighted by Crippen LogP contribution is 2.30. The maximum absolute atomic E-state index is 12.9. The molecule has 0 aromatic carbocycles. The number of carbonyl (C=O) groups is 2. The maximum Gasteiger partial charge on any atom is 0.262 e. The number of fused-ring (bicyclic) bond motifs is 1. The predicted molar refractivity (Wildman–Crippen MR) is 88.1 cm³/mol. The number of nitrogens with zero attached hydrogens (tertiary/aromatic N) is 2. The zero-order valence-corrected chi connectivity index (χ0v) is 14.3. The first-order valence-corrected chi connectivity index (χ1v) is 8.27. The summed E-state index contributed by atoms with van der Waals surface area (Å²) in [6.45, 7) is 7.27. The van der Waals surface area contributed by atoms with Crippen LogP contribution in [0.15, 0.2) is 12.3 Å². The summed E-state index contributed by atoms with van der Waals surface area (Å²) in [7, 11) is 0. The highest BCUT2D eigenvalue weighted by atomic mass is 16.5. The molecule has 0 saturated carbocycles. The monoisotopic (exact) mass is 333 g/mol. The summed E-state index contributed by atoms with van der Waals surface area (Å²) in [5.74, 6) is 0.0177. The van der Waals surface area contributed by atoms with Crippen LogP contribution in [0.3, 0.4) is 0 Å². The Hall–Kier alpha value is -2.15. The third-order valence-corrected chi connectivity index (χ3v) is 4.43. The van der Waals surface area contributed by atoms with Gasteiger partial charge in [-0.2, -0.15) is 0 Å². The van der Waals surface area contributed by atoms with E-state index in [9.17, 15) is 9.59 Å². The number of rotatable bonds is 3. The van der Waals surface area contributed by atoms with Crippen LogP contribution in [-0.4, -0.2) is 53.1 Å². The van der Waals surface area contributed by atoms with Crippen LogP contribution in [-0.2, 0) is 9.53 Å². The van der Waals surface area contributed by atoms with Crippen molar-refractivity contribution in [3.8, 4) is 5.88 Å². The molecule has 1 aromatic heterocycles. The molecule has 2 aliphatic rings. The Morgan fingerprint density at radius 3 is 3.00 bits per heavy atom. The van der Waals surface area contributed by atoms with Gasteiger partial charge in [0.25, 0.3) is 11.8 Å². The summed E-state index contributed by atoms with van der Waals surface area (Å²) in [5.41, 5.74) is 0.665. The second kappa shape index (κ2) is 6.39. The molecule has 1 atom stereocenters. The van der Waals surface area contributed by atoms with Gasteiger partial charge in [0.2, 0.25) is 5.88 Å². The van der Waals surface area contributed by atoms with Gasteiger partial charge in [0.05, 0.1) is 11.2 Å². The Bertz CT molecular complexity index is 659. The van der Waals surface area contributed by atoms with Gasteiger partial charge in [0.15, 0.2) is 6.61 Å². The molecule has 2 aliphatic heterocycles. The molecule has 3 heterocycles. The highest BCUT2D eigenvalue weighted by Gasteiger charge is 2.34. The minimum Gasteiger partial charge on any atom is -0.466 e. The van der Waals surface area contributed by atoms with Gasteiger partial charge in [-0.25, -0.2) is 4.98 Å². The van der Waals surface area contributed by atoms with Gasteiger partial charge >= 0.3 is 0 Å². The molecule has 1 fully saturated rings. The summed E-state index contributed by atoms with van der Waals surface area (Å²) in [6, 6.07) is 1.77. The number of amides is 2. The number of hydrogen-bond acceptors (Lipinski definition) is 5. The lowest BCUT2D eigenvalue weighted by molar-refractivity contribution is -0.118. The van der Waals surface area contributed by atoms with E-state index in [4.69, 9.17) is 9.47 Å². The van der Waals surface area contributed by atoms with Gasteiger partial charge < -0.3 is 19.7 Å². The Labute approximate surface area is 141 Å². The fraction of sp³-hybridized carbons (Fsp3) is 0.588. The van der Waals surface area contributed by atoms with Crippen LogP contribution in [0.2, 0.25) is 0 Å². The maximum atomic E-state index is 12.9. The molecule has 0 aliphatic carbocycles. The van der Waals surface area contributed by atoms with Gasteiger partial charge in [-0.3, -0.25) is 9.59 Å². The molecule has 1 saturated heterocycles. The normalized spacial score (nSPS) is 22.1. The van der Waals surface area contributed by atoms with Crippen molar-refractivity contribution < 1.29 is 19.1 Å². The molecule has 2 amide bonds. The Morgan fingerprint density at radius 2 is 2.29 bits per heavy atom. The number of hydrogen-bond donors (Lipinski definition) is 1. The van der Waals surface area contributed by atoms with Gasteiger partial charge in [-0.15, -0.1) is 0 Å². The SMILES string of the molecule is CCN(C(=O)c1cnc2c(c1)NC(=O)CO2)C1CCOC(C)(C)C1. The molecule has 0 radical (unpaired) electrons. The van der Waals surface area contributed by atoms with Crippen molar-refractivity contribution in [1.29, 1.82) is 0 Å². The van der Waals surface area contributed by atoms with Crippen LogP contribution in [0.5, 0.6) is 5.88 Å². The number of aromatic nitrogens is 1. The van der Waals surface area contributed by atoms with Crippen LogP contribution in [0, 0.1) is 0 Å². The number of pyridine rings is 1. The fourth-order valence-electron chi connectivity index (χ4n) is 3.29. The van der Waals surface area contributed by atoms with E-state index in [1.54, 1.807) is 6.07 Å². The van der Waals surface area contributed by atoms with Crippen LogP contribution >= 0.6 is 0 Å². The molecule has 7 nitrogen and oxygen atoms in total. The van der Waals surface area contributed by atoms with Crippen molar-refractivity contribution in [2.24, 2.45) is 0 Å². The molecular formula is C17H23N3O4.